The van der Waals surface area contributed by atoms with Gasteiger partial charge < -0.3 is 10.8 Å². The van der Waals surface area contributed by atoms with Crippen molar-refractivity contribution in [2.24, 2.45) is 5.73 Å². The first kappa shape index (κ1) is 1.88. The van der Waals surface area contributed by atoms with Gasteiger partial charge in [-0.25, -0.2) is 0 Å². The van der Waals surface area contributed by atoms with Gasteiger partial charge in [0.2, 0.25) is 0 Å². The van der Waals surface area contributed by atoms with E-state index in [-0.39, 0.29) is 0 Å². The highest BCUT2D eigenvalue weighted by molar-refractivity contribution is 4.95. The minimum atomic E-state index is -2.84. The SMILES string of the molecule is [2H]C([2H])=C([2H])C([2H])([2H])[C@]([2H])(N)C(=C)O. The Balaban J connectivity index is 5.37. The van der Waals surface area contributed by atoms with Crippen LogP contribution in [0.3, 0.4) is 0 Å². The Morgan fingerprint density at radius 2 is 3.12 bits per heavy atom. The fourth-order valence-corrected chi connectivity index (χ4v) is 0.139. The van der Waals surface area contributed by atoms with Crippen molar-refractivity contribution in [2.75, 3.05) is 0 Å². The van der Waals surface area contributed by atoms with Gasteiger partial charge in [0.05, 0.1) is 11.5 Å². The fourth-order valence-electron chi connectivity index (χ4n) is 0.139. The molecular weight excluding hydrogens is 102 g/mol. The molecule has 0 bridgehead atoms. The van der Waals surface area contributed by atoms with Gasteiger partial charge in [-0.05, 0) is 6.37 Å². The van der Waals surface area contributed by atoms with Crippen molar-refractivity contribution < 1.29 is 13.3 Å². The molecule has 0 aromatic rings. The third-order valence-corrected chi connectivity index (χ3v) is 0.508. The van der Waals surface area contributed by atoms with Gasteiger partial charge in [-0.15, -0.1) is 6.53 Å². The molecule has 0 amide bonds. The summed E-state index contributed by atoms with van der Waals surface area (Å²) in [6, 6.07) is -3.72. The van der Waals surface area contributed by atoms with Crippen molar-refractivity contribution in [3.8, 4) is 0 Å². The van der Waals surface area contributed by atoms with Gasteiger partial charge in [0.25, 0.3) is 0 Å². The summed E-state index contributed by atoms with van der Waals surface area (Å²) < 4.78 is 42.2. The van der Waals surface area contributed by atoms with Gasteiger partial charge in [-0.1, -0.05) is 12.6 Å². The van der Waals surface area contributed by atoms with E-state index in [2.05, 4.69) is 6.58 Å². The summed E-state index contributed by atoms with van der Waals surface area (Å²) >= 11 is 0. The number of aliphatic hydroxyl groups excluding tert-OH is 1. The lowest BCUT2D eigenvalue weighted by Crippen LogP contribution is -2.20. The molecule has 0 fully saturated rings. The molecule has 46 valence electrons. The molecule has 0 radical (unpaired) electrons. The zero-order valence-electron chi connectivity index (χ0n) is 10.2. The molecule has 2 nitrogen and oxygen atoms in total. The normalized spacial score (nSPS) is 28.6. The summed E-state index contributed by atoms with van der Waals surface area (Å²) in [7, 11) is 0. The highest BCUT2D eigenvalue weighted by Crippen LogP contribution is 1.95. The molecule has 8 heavy (non-hydrogen) atoms. The first-order valence-corrected chi connectivity index (χ1v) is 1.87. The Labute approximate surface area is 57.7 Å². The molecule has 3 N–H and O–H groups in total. The second-order valence-electron chi connectivity index (χ2n) is 1.11. The zero-order valence-corrected chi connectivity index (χ0v) is 4.23. The molecule has 1 atom stereocenters. The molecule has 0 saturated heterocycles. The van der Waals surface area contributed by atoms with E-state index in [1.54, 1.807) is 0 Å². The van der Waals surface area contributed by atoms with Crippen molar-refractivity contribution >= 4 is 0 Å². The minimum Gasteiger partial charge on any atom is -0.511 e. The summed E-state index contributed by atoms with van der Waals surface area (Å²) in [5, 5.41) is 8.87. The van der Waals surface area contributed by atoms with E-state index in [0.717, 1.165) is 0 Å². The van der Waals surface area contributed by atoms with Crippen LogP contribution in [0.5, 0.6) is 0 Å². The molecular formula is C6H11NO. The van der Waals surface area contributed by atoms with E-state index in [4.69, 9.17) is 19.1 Å². The van der Waals surface area contributed by atoms with Gasteiger partial charge in [-0.3, -0.25) is 0 Å². The van der Waals surface area contributed by atoms with Crippen molar-refractivity contribution in [1.29, 1.82) is 0 Å². The van der Waals surface area contributed by atoms with Crippen LogP contribution in [0.25, 0.3) is 0 Å². The van der Waals surface area contributed by atoms with Crippen molar-refractivity contribution in [3.05, 3.63) is 24.9 Å². The Morgan fingerprint density at radius 3 is 3.50 bits per heavy atom. The fraction of sp³-hybridized carbons (Fsp3) is 0.333. The first-order valence-electron chi connectivity index (χ1n) is 4.87. The van der Waals surface area contributed by atoms with E-state index in [9.17, 15) is 0 Å². The molecule has 0 unspecified atom stereocenters. The topological polar surface area (TPSA) is 46.2 Å². The maximum absolute atomic E-state index is 8.87. The summed E-state index contributed by atoms with van der Waals surface area (Å²) in [6.45, 7) is 1.81. The van der Waals surface area contributed by atoms with E-state index in [0.29, 0.717) is 0 Å². The number of aliphatic hydroxyl groups is 1. The average Bonchev–Trinajstić information content (AvgIpc) is 2.01. The highest BCUT2D eigenvalue weighted by Gasteiger charge is 1.99. The van der Waals surface area contributed by atoms with E-state index >= 15 is 0 Å². The molecule has 0 aliphatic carbocycles. The average molecular weight is 119 g/mol. The standard InChI is InChI=1S/C6H11NO/c1-3-4-6(7)5(2)8/h3,6,8H,1-2,4,7H2/t6-/m0/s1/i1D2,3D,4D2,6D. The van der Waals surface area contributed by atoms with Gasteiger partial charge in [-0.2, -0.15) is 0 Å². The Bertz CT molecular complexity index is 280. The molecule has 0 aromatic heterocycles. The lowest BCUT2D eigenvalue weighted by atomic mass is 10.2. The Kier molecular flexibility index (Phi) is 0.769. The third kappa shape index (κ3) is 2.42. The first-order chi connectivity index (χ1) is 6.05. The number of hydrogen-bond donors (Lipinski definition) is 2. The molecule has 0 aliphatic heterocycles. The maximum Gasteiger partial charge on any atom is 0.102 e. The van der Waals surface area contributed by atoms with Crippen molar-refractivity contribution in [3.63, 3.8) is 0 Å². The van der Waals surface area contributed by atoms with Gasteiger partial charge in [0, 0.05) is 2.74 Å². The summed E-state index contributed by atoms with van der Waals surface area (Å²) in [6.07, 6.45) is -2.84. The molecule has 2 heteroatoms. The number of hydrogen-bond acceptors (Lipinski definition) is 2. The second-order valence-corrected chi connectivity index (χ2v) is 1.11. The van der Waals surface area contributed by atoms with E-state index in [1.807, 2.05) is 0 Å². The molecule has 0 aliphatic rings. The molecule has 0 rings (SSSR count). The largest absolute Gasteiger partial charge is 0.511 e. The third-order valence-electron chi connectivity index (χ3n) is 0.508. The van der Waals surface area contributed by atoms with Crippen LogP contribution < -0.4 is 5.73 Å². The lowest BCUT2D eigenvalue weighted by molar-refractivity contribution is 0.370. The smallest absolute Gasteiger partial charge is 0.102 e. The summed E-state index contributed by atoms with van der Waals surface area (Å²) in [5.74, 6) is -0.964. The molecule has 0 aromatic carbocycles. The minimum absolute atomic E-state index is 0.964. The van der Waals surface area contributed by atoms with Crippen LogP contribution in [0.1, 0.15) is 14.6 Å². The predicted octanol–water partition coefficient (Wildman–Crippen LogP) is 0.962. The van der Waals surface area contributed by atoms with Crippen LogP contribution in [0.4, 0.5) is 0 Å². The molecule has 0 spiro atoms. The van der Waals surface area contributed by atoms with Crippen LogP contribution in [0, 0.1) is 0 Å². The van der Waals surface area contributed by atoms with Gasteiger partial charge in [0.15, 0.2) is 0 Å². The zero-order chi connectivity index (χ0) is 11.7. The lowest BCUT2D eigenvalue weighted by Gasteiger charge is -2.03. The summed E-state index contributed by atoms with van der Waals surface area (Å²) in [4.78, 5) is 0. The van der Waals surface area contributed by atoms with Crippen LogP contribution in [0.15, 0.2) is 24.9 Å². The number of rotatable bonds is 3. The quantitative estimate of drug-likeness (QED) is 0.429. The van der Waals surface area contributed by atoms with Crippen LogP contribution >= 0.6 is 0 Å². The van der Waals surface area contributed by atoms with E-state index < -0.39 is 30.7 Å². The van der Waals surface area contributed by atoms with E-state index in [1.165, 1.54) is 0 Å². The number of nitrogens with two attached hydrogens (primary N) is 1. The maximum atomic E-state index is 8.87. The van der Waals surface area contributed by atoms with Crippen LogP contribution in [0.2, 0.25) is 0 Å². The van der Waals surface area contributed by atoms with Crippen LogP contribution in [-0.4, -0.2) is 11.1 Å². The van der Waals surface area contributed by atoms with Crippen molar-refractivity contribution in [1.82, 2.24) is 0 Å². The Hall–Kier alpha value is -0.760. The Morgan fingerprint density at radius 1 is 2.50 bits per heavy atom. The molecule has 0 heterocycles. The van der Waals surface area contributed by atoms with Gasteiger partial charge in [0.1, 0.15) is 5.76 Å². The predicted molar refractivity (Wildman–Crippen MR) is 34.6 cm³/mol. The van der Waals surface area contributed by atoms with Gasteiger partial charge >= 0.3 is 0 Å². The molecule has 0 saturated carbocycles. The second kappa shape index (κ2) is 3.27. The monoisotopic (exact) mass is 119 g/mol. The summed E-state index contributed by atoms with van der Waals surface area (Å²) in [5.41, 5.74) is 5.10. The van der Waals surface area contributed by atoms with Crippen molar-refractivity contribution in [2.45, 2.75) is 12.4 Å². The van der Waals surface area contributed by atoms with Crippen LogP contribution in [-0.2, 0) is 0 Å². The highest BCUT2D eigenvalue weighted by atomic mass is 16.3.